The molecule has 1 N–H and O–H groups in total. The van der Waals surface area contributed by atoms with Crippen LogP contribution >= 0.6 is 11.3 Å². The van der Waals surface area contributed by atoms with Gasteiger partial charge in [0, 0.05) is 19.3 Å². The van der Waals surface area contributed by atoms with E-state index in [0.717, 1.165) is 5.69 Å². The van der Waals surface area contributed by atoms with Crippen molar-refractivity contribution in [1.29, 1.82) is 0 Å². The quantitative estimate of drug-likeness (QED) is 0.605. The van der Waals surface area contributed by atoms with Crippen LogP contribution in [0.15, 0.2) is 40.0 Å². The predicted molar refractivity (Wildman–Crippen MR) is 81.3 cm³/mol. The number of anilines is 1. The Kier molecular flexibility index (Phi) is 5.49. The molecule has 22 heavy (non-hydrogen) atoms. The minimum atomic E-state index is -4.40. The van der Waals surface area contributed by atoms with Crippen LogP contribution in [0.25, 0.3) is 0 Å². The fourth-order valence-corrected chi connectivity index (χ4v) is 2.15. The van der Waals surface area contributed by atoms with E-state index in [1.54, 1.807) is 29.6 Å². The van der Waals surface area contributed by atoms with Crippen LogP contribution in [0, 0.1) is 0 Å². The van der Waals surface area contributed by atoms with E-state index in [9.17, 15) is 8.42 Å². The monoisotopic (exact) mass is 343 g/mol. The molecule has 0 radical (unpaired) electrons. The maximum absolute atomic E-state index is 10.4. The van der Waals surface area contributed by atoms with Crippen molar-refractivity contribution in [2.75, 3.05) is 25.1 Å². The molecular formula is C11H13N5O4S2. The topological polar surface area (TPSA) is 117 Å². The molecule has 0 spiro atoms. The average molecular weight is 343 g/mol. The highest BCUT2D eigenvalue weighted by atomic mass is 32.3. The van der Waals surface area contributed by atoms with Gasteiger partial charge in [-0.3, -0.25) is 4.55 Å². The van der Waals surface area contributed by atoms with Crippen LogP contribution in [-0.4, -0.2) is 43.4 Å². The molecule has 0 saturated heterocycles. The van der Waals surface area contributed by atoms with Gasteiger partial charge in [-0.1, -0.05) is 11.3 Å². The smallest absolute Gasteiger partial charge is 0.372 e. The molecule has 0 aliphatic carbocycles. The molecule has 0 amide bonds. The molecule has 1 aromatic carbocycles. The lowest BCUT2D eigenvalue weighted by molar-refractivity contribution is 0.274. The summed E-state index contributed by atoms with van der Waals surface area (Å²) in [4.78, 5) is 1.77. The summed E-state index contributed by atoms with van der Waals surface area (Å²) < 4.78 is 33.6. The first-order chi connectivity index (χ1) is 10.4. The lowest BCUT2D eigenvalue weighted by atomic mass is 10.2. The van der Waals surface area contributed by atoms with Crippen LogP contribution in [0.4, 0.5) is 16.5 Å². The Labute approximate surface area is 131 Å². The van der Waals surface area contributed by atoms with E-state index in [-0.39, 0.29) is 6.61 Å². The lowest BCUT2D eigenvalue weighted by Crippen LogP contribution is -2.23. The zero-order chi connectivity index (χ0) is 16.0. The number of likely N-dealkylation sites (N-methyl/N-ethyl adjacent to an activating group) is 1. The maximum atomic E-state index is 10.4. The van der Waals surface area contributed by atoms with Crippen LogP contribution < -0.4 is 4.90 Å². The first kappa shape index (κ1) is 16.4. The summed E-state index contributed by atoms with van der Waals surface area (Å²) in [6.07, 6.45) is 0. The predicted octanol–water partition coefficient (Wildman–Crippen LogP) is 2.21. The zero-order valence-corrected chi connectivity index (χ0v) is 13.2. The Morgan fingerprint density at radius 3 is 2.64 bits per heavy atom. The van der Waals surface area contributed by atoms with E-state index in [1.807, 2.05) is 12.1 Å². The SMILES string of the molecule is CN(CCOS(=O)(=O)O)c1ccc(/N=N/c2nncs2)cc1. The normalized spacial score (nSPS) is 11.9. The average Bonchev–Trinajstić information content (AvgIpc) is 2.97. The first-order valence-corrected chi connectivity index (χ1v) is 8.29. The van der Waals surface area contributed by atoms with Crippen molar-refractivity contribution in [3.63, 3.8) is 0 Å². The lowest BCUT2D eigenvalue weighted by Gasteiger charge is -2.18. The summed E-state index contributed by atoms with van der Waals surface area (Å²) in [7, 11) is -2.63. The number of hydrogen-bond donors (Lipinski definition) is 1. The molecule has 0 atom stereocenters. The van der Waals surface area contributed by atoms with Gasteiger partial charge >= 0.3 is 10.4 Å². The van der Waals surface area contributed by atoms with E-state index in [1.165, 1.54) is 11.3 Å². The van der Waals surface area contributed by atoms with Crippen molar-refractivity contribution in [3.8, 4) is 0 Å². The van der Waals surface area contributed by atoms with Gasteiger partial charge in [-0.25, -0.2) is 4.18 Å². The Hall–Kier alpha value is -1.95. The van der Waals surface area contributed by atoms with Gasteiger partial charge in [0.15, 0.2) is 0 Å². The molecule has 118 valence electrons. The van der Waals surface area contributed by atoms with Crippen LogP contribution in [0.2, 0.25) is 0 Å². The largest absolute Gasteiger partial charge is 0.397 e. The van der Waals surface area contributed by atoms with Gasteiger partial charge in [-0.2, -0.15) is 8.42 Å². The van der Waals surface area contributed by atoms with Crippen LogP contribution in [0.3, 0.4) is 0 Å². The molecule has 0 bridgehead atoms. The molecule has 0 saturated carbocycles. The third-order valence-electron chi connectivity index (χ3n) is 2.55. The van der Waals surface area contributed by atoms with E-state index in [2.05, 4.69) is 24.6 Å². The highest BCUT2D eigenvalue weighted by molar-refractivity contribution is 7.80. The molecule has 1 aromatic heterocycles. The minimum absolute atomic E-state index is 0.145. The fraction of sp³-hybridized carbons (Fsp3) is 0.273. The Morgan fingerprint density at radius 2 is 2.05 bits per heavy atom. The van der Waals surface area contributed by atoms with E-state index in [0.29, 0.717) is 17.4 Å². The van der Waals surface area contributed by atoms with Gasteiger partial charge in [-0.15, -0.1) is 20.4 Å². The van der Waals surface area contributed by atoms with E-state index >= 15 is 0 Å². The molecule has 0 aliphatic rings. The Morgan fingerprint density at radius 1 is 1.32 bits per heavy atom. The van der Waals surface area contributed by atoms with Crippen molar-refractivity contribution >= 4 is 38.2 Å². The van der Waals surface area contributed by atoms with Crippen LogP contribution in [0.5, 0.6) is 0 Å². The number of aromatic nitrogens is 2. The molecule has 2 rings (SSSR count). The molecular weight excluding hydrogens is 330 g/mol. The third kappa shape index (κ3) is 5.44. The third-order valence-corrected chi connectivity index (χ3v) is 3.59. The number of benzene rings is 1. The van der Waals surface area contributed by atoms with Gasteiger partial charge in [0.2, 0.25) is 0 Å². The molecule has 0 fully saturated rings. The Balaban J connectivity index is 1.90. The molecule has 11 heteroatoms. The van der Waals surface area contributed by atoms with Crippen molar-refractivity contribution in [1.82, 2.24) is 10.2 Å². The van der Waals surface area contributed by atoms with Gasteiger partial charge in [-0.05, 0) is 24.3 Å². The summed E-state index contributed by atoms with van der Waals surface area (Å²) >= 11 is 1.29. The van der Waals surface area contributed by atoms with Gasteiger partial charge < -0.3 is 4.90 Å². The highest BCUT2D eigenvalue weighted by Gasteiger charge is 2.06. The number of azo groups is 1. The maximum Gasteiger partial charge on any atom is 0.397 e. The van der Waals surface area contributed by atoms with Crippen molar-refractivity contribution in [2.45, 2.75) is 0 Å². The van der Waals surface area contributed by atoms with Crippen molar-refractivity contribution in [3.05, 3.63) is 29.8 Å². The summed E-state index contributed by atoms with van der Waals surface area (Å²) in [6.45, 7) is 0.152. The molecule has 0 unspecified atom stereocenters. The van der Waals surface area contributed by atoms with E-state index < -0.39 is 10.4 Å². The molecule has 9 nitrogen and oxygen atoms in total. The van der Waals surface area contributed by atoms with Gasteiger partial charge in [0.1, 0.15) is 5.51 Å². The molecule has 0 aliphatic heterocycles. The fourth-order valence-electron chi connectivity index (χ4n) is 1.49. The summed E-state index contributed by atoms with van der Waals surface area (Å²) in [5, 5.41) is 15.8. The van der Waals surface area contributed by atoms with Crippen molar-refractivity contribution < 1.29 is 17.2 Å². The second kappa shape index (κ2) is 7.35. The number of rotatable bonds is 7. The van der Waals surface area contributed by atoms with E-state index in [4.69, 9.17) is 4.55 Å². The molecule has 2 aromatic rings. The zero-order valence-electron chi connectivity index (χ0n) is 11.5. The number of hydrogen-bond acceptors (Lipinski definition) is 9. The van der Waals surface area contributed by atoms with Crippen LogP contribution in [0.1, 0.15) is 0 Å². The summed E-state index contributed by atoms with van der Waals surface area (Å²) in [5.41, 5.74) is 3.07. The second-order valence-corrected chi connectivity index (χ2v) is 6.01. The summed E-state index contributed by atoms with van der Waals surface area (Å²) in [5.74, 6) is 0. The summed E-state index contributed by atoms with van der Waals surface area (Å²) in [6, 6.07) is 7.14. The van der Waals surface area contributed by atoms with Crippen LogP contribution in [-0.2, 0) is 14.6 Å². The Bertz CT molecular complexity index is 715. The van der Waals surface area contributed by atoms with Crippen molar-refractivity contribution in [2.24, 2.45) is 10.2 Å². The standard InChI is InChI=1S/C11H13N5O4S2/c1-16(6-7-20-22(17,18)19)10-4-2-9(3-5-10)13-15-11-14-12-8-21-11/h2-5,8H,6-7H2,1H3,(H,17,18,19)/b15-13+. The first-order valence-electron chi connectivity index (χ1n) is 6.05. The second-order valence-electron chi connectivity index (χ2n) is 4.11. The minimum Gasteiger partial charge on any atom is -0.372 e. The van der Waals surface area contributed by atoms with Gasteiger partial charge in [0.25, 0.3) is 5.13 Å². The molecule has 1 heterocycles. The number of nitrogens with zero attached hydrogens (tertiary/aromatic N) is 5. The highest BCUT2D eigenvalue weighted by Crippen LogP contribution is 2.22. The van der Waals surface area contributed by atoms with Gasteiger partial charge in [0.05, 0.1) is 12.3 Å².